The summed E-state index contributed by atoms with van der Waals surface area (Å²) in [5, 5.41) is 0. The Bertz CT molecular complexity index is 426. The normalized spacial score (nSPS) is 17.1. The average molecular weight is 311 g/mol. The Morgan fingerprint density at radius 3 is 2.50 bits per heavy atom. The molecule has 0 heterocycles. The maximum Gasteiger partial charge on any atom is 0.224 e. The van der Waals surface area contributed by atoms with Gasteiger partial charge in [0.25, 0.3) is 0 Å². The number of carbonyl (C=O) groups is 1. The van der Waals surface area contributed by atoms with Gasteiger partial charge in [-0.2, -0.15) is 0 Å². The van der Waals surface area contributed by atoms with E-state index in [0.29, 0.717) is 13.0 Å². The number of nitrogens with zero attached hydrogens (tertiary/aromatic N) is 1. The van der Waals surface area contributed by atoms with Crippen LogP contribution in [-0.4, -0.2) is 23.4 Å². The van der Waals surface area contributed by atoms with Gasteiger partial charge in [0.15, 0.2) is 0 Å². The van der Waals surface area contributed by atoms with E-state index in [2.05, 4.69) is 15.9 Å². The number of nitrogens with two attached hydrogens (primary N) is 1. The maximum absolute atomic E-state index is 12.1. The number of hydrogen-bond acceptors (Lipinski definition) is 2. The van der Waals surface area contributed by atoms with Crippen molar-refractivity contribution >= 4 is 21.8 Å². The van der Waals surface area contributed by atoms with Gasteiger partial charge in [0.1, 0.15) is 0 Å². The van der Waals surface area contributed by atoms with E-state index < -0.39 is 0 Å². The molecule has 1 aliphatic carbocycles. The Labute approximate surface area is 116 Å². The first-order chi connectivity index (χ1) is 8.48. The molecule has 2 rings (SSSR count). The topological polar surface area (TPSA) is 46.3 Å². The van der Waals surface area contributed by atoms with Crippen molar-refractivity contribution < 1.29 is 4.79 Å². The van der Waals surface area contributed by atoms with Gasteiger partial charge in [0.2, 0.25) is 5.91 Å². The smallest absolute Gasteiger partial charge is 0.224 e. The van der Waals surface area contributed by atoms with Gasteiger partial charge in [-0.25, -0.2) is 0 Å². The Morgan fingerprint density at radius 2 is 2.00 bits per heavy atom. The lowest BCUT2D eigenvalue weighted by molar-refractivity contribution is -0.132. The SMILES string of the molecule is CN(Cc1ccc(Br)cc1)C(=O)CC1(N)CCC1. The fourth-order valence-electron chi connectivity index (χ4n) is 2.20. The van der Waals surface area contributed by atoms with E-state index in [9.17, 15) is 4.79 Å². The molecule has 0 radical (unpaired) electrons. The summed E-state index contributed by atoms with van der Waals surface area (Å²) in [6.07, 6.45) is 3.58. The zero-order valence-corrected chi connectivity index (χ0v) is 12.2. The molecule has 2 N–H and O–H groups in total. The molecule has 1 amide bonds. The average Bonchev–Trinajstić information content (AvgIpc) is 2.30. The molecule has 1 aromatic rings. The number of benzene rings is 1. The van der Waals surface area contributed by atoms with Crippen LogP contribution in [0.4, 0.5) is 0 Å². The van der Waals surface area contributed by atoms with Gasteiger partial charge in [-0.05, 0) is 37.0 Å². The van der Waals surface area contributed by atoms with Crippen molar-refractivity contribution in [3.8, 4) is 0 Å². The van der Waals surface area contributed by atoms with Crippen molar-refractivity contribution in [3.63, 3.8) is 0 Å². The molecule has 4 heteroatoms. The van der Waals surface area contributed by atoms with Crippen LogP contribution in [0.5, 0.6) is 0 Å². The van der Waals surface area contributed by atoms with Crippen LogP contribution in [0.25, 0.3) is 0 Å². The molecule has 0 unspecified atom stereocenters. The second-order valence-corrected chi connectivity index (χ2v) is 6.18. The van der Waals surface area contributed by atoms with Crippen LogP contribution in [0.15, 0.2) is 28.7 Å². The number of amides is 1. The summed E-state index contributed by atoms with van der Waals surface area (Å²) in [4.78, 5) is 13.8. The van der Waals surface area contributed by atoms with Crippen LogP contribution < -0.4 is 5.73 Å². The van der Waals surface area contributed by atoms with Gasteiger partial charge >= 0.3 is 0 Å². The first-order valence-electron chi connectivity index (χ1n) is 6.26. The highest BCUT2D eigenvalue weighted by Crippen LogP contribution is 2.32. The summed E-state index contributed by atoms with van der Waals surface area (Å²) >= 11 is 3.40. The van der Waals surface area contributed by atoms with Crippen LogP contribution in [0.3, 0.4) is 0 Å². The minimum atomic E-state index is -0.231. The summed E-state index contributed by atoms with van der Waals surface area (Å²) in [5.74, 6) is 0.139. The number of halogens is 1. The van der Waals surface area contributed by atoms with Gasteiger partial charge in [0.05, 0.1) is 0 Å². The highest BCUT2D eigenvalue weighted by atomic mass is 79.9. The fourth-order valence-corrected chi connectivity index (χ4v) is 2.46. The molecular weight excluding hydrogens is 292 g/mol. The van der Waals surface area contributed by atoms with Crippen molar-refractivity contribution in [1.82, 2.24) is 4.90 Å². The third-order valence-corrected chi connectivity index (χ3v) is 4.14. The molecule has 1 fully saturated rings. The maximum atomic E-state index is 12.1. The van der Waals surface area contributed by atoms with Crippen LogP contribution in [0, 0.1) is 0 Å². The van der Waals surface area contributed by atoms with Crippen molar-refractivity contribution in [1.29, 1.82) is 0 Å². The van der Waals surface area contributed by atoms with Crippen LogP contribution in [0.2, 0.25) is 0 Å². The molecule has 18 heavy (non-hydrogen) atoms. The zero-order valence-electron chi connectivity index (χ0n) is 10.7. The molecule has 0 saturated heterocycles. The monoisotopic (exact) mass is 310 g/mol. The second-order valence-electron chi connectivity index (χ2n) is 5.27. The molecule has 0 spiro atoms. The molecule has 1 aliphatic rings. The largest absolute Gasteiger partial charge is 0.341 e. The zero-order chi connectivity index (χ0) is 13.2. The lowest BCUT2D eigenvalue weighted by Crippen LogP contribution is -2.50. The van der Waals surface area contributed by atoms with Crippen LogP contribution in [-0.2, 0) is 11.3 Å². The molecule has 1 aromatic carbocycles. The Balaban J connectivity index is 1.88. The highest BCUT2D eigenvalue weighted by molar-refractivity contribution is 9.10. The molecule has 0 aromatic heterocycles. The predicted molar refractivity (Wildman–Crippen MR) is 76.0 cm³/mol. The van der Waals surface area contributed by atoms with E-state index in [4.69, 9.17) is 5.73 Å². The van der Waals surface area contributed by atoms with Crippen LogP contribution in [0.1, 0.15) is 31.2 Å². The lowest BCUT2D eigenvalue weighted by atomic mass is 9.75. The van der Waals surface area contributed by atoms with Crippen molar-refractivity contribution in [2.45, 2.75) is 37.8 Å². The molecule has 98 valence electrons. The minimum absolute atomic E-state index is 0.139. The van der Waals surface area contributed by atoms with E-state index in [-0.39, 0.29) is 11.4 Å². The highest BCUT2D eigenvalue weighted by Gasteiger charge is 2.35. The lowest BCUT2D eigenvalue weighted by Gasteiger charge is -2.38. The summed E-state index contributed by atoms with van der Waals surface area (Å²) < 4.78 is 1.05. The summed E-state index contributed by atoms with van der Waals surface area (Å²) in [7, 11) is 1.84. The van der Waals surface area contributed by atoms with Crippen molar-refractivity contribution in [2.75, 3.05) is 7.05 Å². The Morgan fingerprint density at radius 1 is 1.39 bits per heavy atom. The first kappa shape index (κ1) is 13.6. The van der Waals surface area contributed by atoms with Crippen molar-refractivity contribution in [2.24, 2.45) is 5.73 Å². The molecule has 0 aliphatic heterocycles. The van der Waals surface area contributed by atoms with Crippen LogP contribution >= 0.6 is 15.9 Å². The van der Waals surface area contributed by atoms with Crippen molar-refractivity contribution in [3.05, 3.63) is 34.3 Å². The molecule has 1 saturated carbocycles. The summed E-state index contributed by atoms with van der Waals surface area (Å²) in [6.45, 7) is 0.641. The number of hydrogen-bond donors (Lipinski definition) is 1. The summed E-state index contributed by atoms with van der Waals surface area (Å²) in [5.41, 5.74) is 7.00. The molecule has 3 nitrogen and oxygen atoms in total. The molecule has 0 atom stereocenters. The quantitative estimate of drug-likeness (QED) is 0.929. The Hall–Kier alpha value is -0.870. The minimum Gasteiger partial charge on any atom is -0.341 e. The standard InChI is InChI=1S/C14H19BrN2O/c1-17(10-11-3-5-12(15)6-4-11)13(18)9-14(16)7-2-8-14/h3-6H,2,7-10,16H2,1H3. The van der Waals surface area contributed by atoms with Gasteiger partial charge in [-0.15, -0.1) is 0 Å². The second kappa shape index (κ2) is 5.41. The van der Waals surface area contributed by atoms with Gasteiger partial charge in [0, 0.05) is 30.0 Å². The van der Waals surface area contributed by atoms with E-state index >= 15 is 0 Å². The third kappa shape index (κ3) is 3.33. The van der Waals surface area contributed by atoms with E-state index in [0.717, 1.165) is 29.3 Å². The Kier molecular flexibility index (Phi) is 4.07. The first-order valence-corrected chi connectivity index (χ1v) is 7.05. The third-order valence-electron chi connectivity index (χ3n) is 3.61. The fraction of sp³-hybridized carbons (Fsp3) is 0.500. The number of carbonyl (C=O) groups excluding carboxylic acids is 1. The van der Waals surface area contributed by atoms with Gasteiger partial charge in [-0.1, -0.05) is 28.1 Å². The van der Waals surface area contributed by atoms with E-state index in [1.807, 2.05) is 31.3 Å². The number of rotatable bonds is 4. The van der Waals surface area contributed by atoms with E-state index in [1.54, 1.807) is 4.90 Å². The molecule has 0 bridgehead atoms. The van der Waals surface area contributed by atoms with Gasteiger partial charge < -0.3 is 10.6 Å². The van der Waals surface area contributed by atoms with E-state index in [1.165, 1.54) is 0 Å². The summed E-state index contributed by atoms with van der Waals surface area (Å²) in [6, 6.07) is 8.03. The molecular formula is C14H19BrN2O. The predicted octanol–water partition coefficient (Wildman–Crippen LogP) is 2.68. The van der Waals surface area contributed by atoms with Gasteiger partial charge in [-0.3, -0.25) is 4.79 Å².